The lowest BCUT2D eigenvalue weighted by Gasteiger charge is -1.92. The number of halogens is 1. The molecule has 1 aliphatic carbocycles. The van der Waals surface area contributed by atoms with E-state index in [1.165, 1.54) is 0 Å². The molecule has 2 heteroatoms. The Morgan fingerprint density at radius 1 is 1.56 bits per heavy atom. The largest absolute Gasteiger partial charge is 0.295 e. The predicted octanol–water partition coefficient (Wildman–Crippen LogP) is 2.41. The summed E-state index contributed by atoms with van der Waals surface area (Å²) in [6.45, 7) is 2.01. The Hall–Kier alpha value is -0.110. The highest BCUT2D eigenvalue weighted by atomic mass is 79.9. The molecule has 0 saturated heterocycles. The molecule has 1 rings (SSSR count). The summed E-state index contributed by atoms with van der Waals surface area (Å²) in [6.07, 6.45) is 2.51. The minimum atomic E-state index is 0.323. The van der Waals surface area contributed by atoms with Gasteiger partial charge in [0.2, 0.25) is 0 Å². The molecule has 0 aromatic heterocycles. The third-order valence-corrected chi connectivity index (χ3v) is 2.46. The Kier molecular flexibility index (Phi) is 2.06. The molecule has 0 aromatic carbocycles. The lowest BCUT2D eigenvalue weighted by atomic mass is 10.2. The van der Waals surface area contributed by atoms with Crippen LogP contribution in [0.2, 0.25) is 0 Å². The summed E-state index contributed by atoms with van der Waals surface area (Å²) in [7, 11) is 0. The number of rotatable bonds is 1. The van der Waals surface area contributed by atoms with Gasteiger partial charge < -0.3 is 0 Å². The fourth-order valence-electron chi connectivity index (χ4n) is 1.07. The molecule has 50 valence electrons. The van der Waals surface area contributed by atoms with Crippen LogP contribution in [0.15, 0.2) is 10.1 Å². The van der Waals surface area contributed by atoms with E-state index in [1.54, 1.807) is 0 Å². The zero-order valence-electron chi connectivity index (χ0n) is 5.41. The van der Waals surface area contributed by atoms with Crippen LogP contribution in [0, 0.1) is 0 Å². The first kappa shape index (κ1) is 7.00. The molecule has 0 N–H and O–H groups in total. The summed E-state index contributed by atoms with van der Waals surface area (Å²) in [5, 5.41) is 0. The summed E-state index contributed by atoms with van der Waals surface area (Å²) < 4.78 is 1.12. The first-order valence-electron chi connectivity index (χ1n) is 3.16. The van der Waals surface area contributed by atoms with Crippen molar-refractivity contribution < 1.29 is 4.79 Å². The van der Waals surface area contributed by atoms with Crippen LogP contribution in [0.4, 0.5) is 0 Å². The molecule has 0 unspecified atom stereocenters. The molecular weight excluding hydrogens is 180 g/mol. The van der Waals surface area contributed by atoms with E-state index in [1.807, 2.05) is 6.92 Å². The molecule has 1 aliphatic rings. The maximum atomic E-state index is 10.9. The van der Waals surface area contributed by atoms with Gasteiger partial charge in [0.15, 0.2) is 5.78 Å². The number of carbonyl (C=O) groups is 1. The van der Waals surface area contributed by atoms with Crippen molar-refractivity contribution in [3.63, 3.8) is 0 Å². The van der Waals surface area contributed by atoms with Gasteiger partial charge in [-0.15, -0.1) is 0 Å². The Morgan fingerprint density at radius 3 is 2.44 bits per heavy atom. The second-order valence-corrected chi connectivity index (χ2v) is 3.12. The SMILES string of the molecule is CCC1=C(Br)CCC1=O. The number of hydrogen-bond donors (Lipinski definition) is 0. The van der Waals surface area contributed by atoms with E-state index in [2.05, 4.69) is 15.9 Å². The Morgan fingerprint density at radius 2 is 2.22 bits per heavy atom. The third kappa shape index (κ3) is 1.23. The Balaban J connectivity index is 2.82. The molecule has 9 heavy (non-hydrogen) atoms. The summed E-state index contributed by atoms with van der Waals surface area (Å²) in [5.41, 5.74) is 0.995. The molecule has 0 heterocycles. The lowest BCUT2D eigenvalue weighted by Crippen LogP contribution is -1.92. The molecule has 0 amide bonds. The number of carbonyl (C=O) groups excluding carboxylic acids is 1. The molecule has 0 aliphatic heterocycles. The quantitative estimate of drug-likeness (QED) is 0.618. The normalized spacial score (nSPS) is 19.6. The number of hydrogen-bond acceptors (Lipinski definition) is 1. The zero-order valence-corrected chi connectivity index (χ0v) is 6.99. The van der Waals surface area contributed by atoms with E-state index in [0.717, 1.165) is 22.9 Å². The van der Waals surface area contributed by atoms with Gasteiger partial charge in [0.25, 0.3) is 0 Å². The van der Waals surface area contributed by atoms with Gasteiger partial charge in [-0.2, -0.15) is 0 Å². The highest BCUT2D eigenvalue weighted by Crippen LogP contribution is 2.29. The van der Waals surface area contributed by atoms with Crippen LogP contribution >= 0.6 is 15.9 Å². The number of Topliss-reactive ketones (excluding diaryl/α,β-unsaturated/α-hetero) is 1. The lowest BCUT2D eigenvalue weighted by molar-refractivity contribution is -0.115. The van der Waals surface area contributed by atoms with Crippen molar-refractivity contribution >= 4 is 21.7 Å². The third-order valence-electron chi connectivity index (χ3n) is 1.59. The van der Waals surface area contributed by atoms with Crippen LogP contribution < -0.4 is 0 Å². The maximum Gasteiger partial charge on any atom is 0.159 e. The fourth-order valence-corrected chi connectivity index (χ4v) is 1.77. The van der Waals surface area contributed by atoms with Gasteiger partial charge >= 0.3 is 0 Å². The average molecular weight is 189 g/mol. The molecule has 1 nitrogen and oxygen atoms in total. The topological polar surface area (TPSA) is 17.1 Å². The fraction of sp³-hybridized carbons (Fsp3) is 0.571. The summed E-state index contributed by atoms with van der Waals surface area (Å²) in [6, 6.07) is 0. The van der Waals surface area contributed by atoms with Crippen molar-refractivity contribution in [2.75, 3.05) is 0 Å². The maximum absolute atomic E-state index is 10.9. The predicted molar refractivity (Wildman–Crippen MR) is 40.5 cm³/mol. The summed E-state index contributed by atoms with van der Waals surface area (Å²) >= 11 is 3.36. The first-order chi connectivity index (χ1) is 4.25. The molecule has 0 spiro atoms. The van der Waals surface area contributed by atoms with Crippen molar-refractivity contribution in [2.24, 2.45) is 0 Å². The second kappa shape index (κ2) is 2.65. The minimum Gasteiger partial charge on any atom is -0.295 e. The molecule has 0 bridgehead atoms. The summed E-state index contributed by atoms with van der Waals surface area (Å²) in [5.74, 6) is 0.323. The molecule has 0 radical (unpaired) electrons. The van der Waals surface area contributed by atoms with Crippen LogP contribution in [0.3, 0.4) is 0 Å². The van der Waals surface area contributed by atoms with Crippen molar-refractivity contribution in [3.8, 4) is 0 Å². The molecular formula is C7H9BrO. The zero-order chi connectivity index (χ0) is 6.85. The van der Waals surface area contributed by atoms with E-state index >= 15 is 0 Å². The van der Waals surface area contributed by atoms with Gasteiger partial charge in [0.05, 0.1) is 0 Å². The van der Waals surface area contributed by atoms with E-state index in [4.69, 9.17) is 0 Å². The molecule has 0 aromatic rings. The minimum absolute atomic E-state index is 0.323. The Labute approximate surface area is 63.3 Å². The van der Waals surface area contributed by atoms with Crippen molar-refractivity contribution in [1.82, 2.24) is 0 Å². The van der Waals surface area contributed by atoms with Crippen molar-refractivity contribution in [3.05, 3.63) is 10.1 Å². The molecule has 0 saturated carbocycles. The van der Waals surface area contributed by atoms with Gasteiger partial charge in [0, 0.05) is 16.5 Å². The standard InChI is InChI=1S/C7H9BrO/c1-2-5-6(8)3-4-7(5)9/h2-4H2,1H3. The molecule has 0 atom stereocenters. The van der Waals surface area contributed by atoms with Crippen molar-refractivity contribution in [1.29, 1.82) is 0 Å². The van der Waals surface area contributed by atoms with Crippen LogP contribution in [-0.2, 0) is 4.79 Å². The van der Waals surface area contributed by atoms with Crippen LogP contribution in [-0.4, -0.2) is 5.78 Å². The van der Waals surface area contributed by atoms with Crippen LogP contribution in [0.1, 0.15) is 26.2 Å². The Bertz CT molecular complexity index is 170. The smallest absolute Gasteiger partial charge is 0.159 e. The monoisotopic (exact) mass is 188 g/mol. The van der Waals surface area contributed by atoms with E-state index in [0.29, 0.717) is 12.2 Å². The highest BCUT2D eigenvalue weighted by Gasteiger charge is 2.18. The average Bonchev–Trinajstić information content (AvgIpc) is 2.12. The highest BCUT2D eigenvalue weighted by molar-refractivity contribution is 9.11. The van der Waals surface area contributed by atoms with Crippen molar-refractivity contribution in [2.45, 2.75) is 26.2 Å². The van der Waals surface area contributed by atoms with Gasteiger partial charge in [0.1, 0.15) is 0 Å². The van der Waals surface area contributed by atoms with Gasteiger partial charge in [-0.05, 0) is 12.8 Å². The van der Waals surface area contributed by atoms with Gasteiger partial charge in [-0.3, -0.25) is 4.79 Å². The van der Waals surface area contributed by atoms with E-state index < -0.39 is 0 Å². The summed E-state index contributed by atoms with van der Waals surface area (Å²) in [4.78, 5) is 10.9. The van der Waals surface area contributed by atoms with Gasteiger partial charge in [-0.1, -0.05) is 22.9 Å². The van der Waals surface area contributed by atoms with Crippen LogP contribution in [0.25, 0.3) is 0 Å². The van der Waals surface area contributed by atoms with Crippen LogP contribution in [0.5, 0.6) is 0 Å². The number of ketones is 1. The number of allylic oxidation sites excluding steroid dienone is 2. The van der Waals surface area contributed by atoms with E-state index in [9.17, 15) is 4.79 Å². The molecule has 0 fully saturated rings. The second-order valence-electron chi connectivity index (χ2n) is 2.16. The van der Waals surface area contributed by atoms with Gasteiger partial charge in [-0.25, -0.2) is 0 Å². The first-order valence-corrected chi connectivity index (χ1v) is 3.95. The van der Waals surface area contributed by atoms with E-state index in [-0.39, 0.29) is 0 Å².